The maximum atomic E-state index is 11.7. The van der Waals surface area contributed by atoms with Crippen LogP contribution in [0.3, 0.4) is 0 Å². The van der Waals surface area contributed by atoms with Crippen LogP contribution < -0.4 is 10.6 Å². The first kappa shape index (κ1) is 14.8. The molecule has 2 atom stereocenters. The van der Waals surface area contributed by atoms with Crippen LogP contribution in [0.5, 0.6) is 0 Å². The van der Waals surface area contributed by atoms with Crippen molar-refractivity contribution in [3.63, 3.8) is 0 Å². The highest BCUT2D eigenvalue weighted by atomic mass is 16.1. The number of hydrogen-bond donors (Lipinski definition) is 2. The molecule has 2 bridgehead atoms. The summed E-state index contributed by atoms with van der Waals surface area (Å²) in [6, 6.07) is 2.36. The van der Waals surface area contributed by atoms with E-state index >= 15 is 0 Å². The van der Waals surface area contributed by atoms with Gasteiger partial charge in [0, 0.05) is 37.1 Å². The van der Waals surface area contributed by atoms with Crippen LogP contribution in [0.1, 0.15) is 52.9 Å². The third kappa shape index (κ3) is 3.93. The van der Waals surface area contributed by atoms with Crippen molar-refractivity contribution in [2.75, 3.05) is 13.1 Å². The van der Waals surface area contributed by atoms with Crippen LogP contribution >= 0.6 is 0 Å². The smallest absolute Gasteiger partial charge is 0.221 e. The van der Waals surface area contributed by atoms with Gasteiger partial charge >= 0.3 is 0 Å². The second-order valence-corrected chi connectivity index (χ2v) is 6.32. The topological polar surface area (TPSA) is 44.4 Å². The van der Waals surface area contributed by atoms with Gasteiger partial charge in [-0.15, -0.1) is 0 Å². The van der Waals surface area contributed by atoms with E-state index in [1.165, 1.54) is 25.7 Å². The molecule has 0 aromatic rings. The summed E-state index contributed by atoms with van der Waals surface area (Å²) in [4.78, 5) is 14.3. The standard InChI is InChI=1S/C15H29N3O/c1-4-16-12-9-13-5-6-14(10-12)18(13)8-7-15(19)17-11(2)3/h11-14,16H,4-10H2,1-3H3,(H,17,19). The Morgan fingerprint density at radius 2 is 1.89 bits per heavy atom. The highest BCUT2D eigenvalue weighted by molar-refractivity contribution is 5.76. The molecule has 0 aliphatic carbocycles. The Labute approximate surface area is 117 Å². The molecule has 2 N–H and O–H groups in total. The van der Waals surface area contributed by atoms with Crippen molar-refractivity contribution < 1.29 is 4.79 Å². The van der Waals surface area contributed by atoms with Gasteiger partial charge in [-0.3, -0.25) is 9.69 Å². The third-order valence-corrected chi connectivity index (χ3v) is 4.42. The van der Waals surface area contributed by atoms with Crippen molar-refractivity contribution in [1.29, 1.82) is 0 Å². The molecule has 0 aromatic carbocycles. The van der Waals surface area contributed by atoms with Gasteiger partial charge < -0.3 is 10.6 Å². The number of nitrogens with zero attached hydrogens (tertiary/aromatic N) is 1. The van der Waals surface area contributed by atoms with Crippen LogP contribution in [-0.4, -0.2) is 48.1 Å². The Morgan fingerprint density at radius 3 is 2.42 bits per heavy atom. The van der Waals surface area contributed by atoms with E-state index in [-0.39, 0.29) is 11.9 Å². The molecule has 2 rings (SSSR count). The zero-order valence-electron chi connectivity index (χ0n) is 12.6. The van der Waals surface area contributed by atoms with Gasteiger partial charge in [0.2, 0.25) is 5.91 Å². The SMILES string of the molecule is CCNC1CC2CCC(C1)N2CCC(=O)NC(C)C. The Hall–Kier alpha value is -0.610. The van der Waals surface area contributed by atoms with Crippen LogP contribution in [-0.2, 0) is 4.79 Å². The Balaban J connectivity index is 1.78. The molecule has 110 valence electrons. The summed E-state index contributed by atoms with van der Waals surface area (Å²) in [6.45, 7) is 8.23. The van der Waals surface area contributed by atoms with E-state index in [9.17, 15) is 4.79 Å². The van der Waals surface area contributed by atoms with Crippen molar-refractivity contribution in [2.24, 2.45) is 0 Å². The first-order valence-corrected chi connectivity index (χ1v) is 7.88. The Bertz CT molecular complexity index is 292. The van der Waals surface area contributed by atoms with E-state index in [0.717, 1.165) is 13.1 Å². The summed E-state index contributed by atoms with van der Waals surface area (Å²) in [7, 11) is 0. The number of hydrogen-bond acceptors (Lipinski definition) is 3. The molecule has 2 heterocycles. The number of fused-ring (bicyclic) bond motifs is 2. The lowest BCUT2D eigenvalue weighted by atomic mass is 9.97. The van der Waals surface area contributed by atoms with Crippen LogP contribution in [0.25, 0.3) is 0 Å². The predicted octanol–water partition coefficient (Wildman–Crippen LogP) is 1.51. The van der Waals surface area contributed by atoms with Crippen LogP contribution in [0.15, 0.2) is 0 Å². The molecule has 19 heavy (non-hydrogen) atoms. The van der Waals surface area contributed by atoms with Crippen molar-refractivity contribution in [3.05, 3.63) is 0 Å². The van der Waals surface area contributed by atoms with Gasteiger partial charge in [0.1, 0.15) is 0 Å². The van der Waals surface area contributed by atoms with E-state index in [1.807, 2.05) is 13.8 Å². The van der Waals surface area contributed by atoms with Gasteiger partial charge in [-0.05, 0) is 46.1 Å². The van der Waals surface area contributed by atoms with Crippen LogP contribution in [0.4, 0.5) is 0 Å². The molecule has 0 spiro atoms. The zero-order valence-corrected chi connectivity index (χ0v) is 12.6. The van der Waals surface area contributed by atoms with Crippen molar-refractivity contribution >= 4 is 5.91 Å². The zero-order chi connectivity index (χ0) is 13.8. The highest BCUT2D eigenvalue weighted by Gasteiger charge is 2.40. The molecule has 0 aromatic heterocycles. The average Bonchev–Trinajstić information content (AvgIpc) is 2.56. The van der Waals surface area contributed by atoms with E-state index in [1.54, 1.807) is 0 Å². The number of amides is 1. The first-order chi connectivity index (χ1) is 9.10. The fourth-order valence-electron chi connectivity index (χ4n) is 3.72. The van der Waals surface area contributed by atoms with E-state index in [2.05, 4.69) is 22.5 Å². The van der Waals surface area contributed by atoms with Crippen LogP contribution in [0.2, 0.25) is 0 Å². The number of piperidine rings is 1. The van der Waals surface area contributed by atoms with Crippen molar-refractivity contribution in [1.82, 2.24) is 15.5 Å². The normalized spacial score (nSPS) is 30.8. The number of nitrogens with one attached hydrogen (secondary N) is 2. The number of carbonyl (C=O) groups excluding carboxylic acids is 1. The molecule has 1 amide bonds. The molecule has 2 unspecified atom stereocenters. The number of rotatable bonds is 6. The number of carbonyl (C=O) groups is 1. The van der Waals surface area contributed by atoms with Gasteiger partial charge in [0.15, 0.2) is 0 Å². The Morgan fingerprint density at radius 1 is 1.26 bits per heavy atom. The summed E-state index contributed by atoms with van der Waals surface area (Å²) >= 11 is 0. The lowest BCUT2D eigenvalue weighted by molar-refractivity contribution is -0.122. The minimum Gasteiger partial charge on any atom is -0.354 e. The fraction of sp³-hybridized carbons (Fsp3) is 0.933. The second-order valence-electron chi connectivity index (χ2n) is 6.32. The minimum atomic E-state index is 0.197. The predicted molar refractivity (Wildman–Crippen MR) is 78.1 cm³/mol. The largest absolute Gasteiger partial charge is 0.354 e. The molecule has 2 aliphatic rings. The van der Waals surface area contributed by atoms with Gasteiger partial charge in [0.05, 0.1) is 0 Å². The molecule has 2 saturated heterocycles. The summed E-state index contributed by atoms with van der Waals surface area (Å²) in [5, 5.41) is 6.57. The van der Waals surface area contributed by atoms with E-state index in [0.29, 0.717) is 24.5 Å². The molecule has 0 radical (unpaired) electrons. The minimum absolute atomic E-state index is 0.197. The van der Waals surface area contributed by atoms with E-state index < -0.39 is 0 Å². The molecule has 2 aliphatic heterocycles. The molecule has 0 saturated carbocycles. The van der Waals surface area contributed by atoms with E-state index in [4.69, 9.17) is 0 Å². The highest BCUT2D eigenvalue weighted by Crippen LogP contribution is 2.35. The van der Waals surface area contributed by atoms with Crippen molar-refractivity contribution in [2.45, 2.75) is 77.0 Å². The maximum absolute atomic E-state index is 11.7. The Kier molecular flexibility index (Phi) is 5.22. The monoisotopic (exact) mass is 267 g/mol. The van der Waals surface area contributed by atoms with Crippen molar-refractivity contribution in [3.8, 4) is 0 Å². The van der Waals surface area contributed by atoms with Gasteiger partial charge in [0.25, 0.3) is 0 Å². The average molecular weight is 267 g/mol. The summed E-state index contributed by atoms with van der Waals surface area (Å²) in [5.74, 6) is 0.197. The summed E-state index contributed by atoms with van der Waals surface area (Å²) < 4.78 is 0. The lowest BCUT2D eigenvalue weighted by Crippen LogP contribution is -2.50. The molecule has 4 nitrogen and oxygen atoms in total. The summed E-state index contributed by atoms with van der Waals surface area (Å²) in [5.41, 5.74) is 0. The van der Waals surface area contributed by atoms with Gasteiger partial charge in [-0.2, -0.15) is 0 Å². The second kappa shape index (κ2) is 6.71. The fourth-order valence-corrected chi connectivity index (χ4v) is 3.72. The molecule has 4 heteroatoms. The lowest BCUT2D eigenvalue weighted by Gasteiger charge is -2.39. The van der Waals surface area contributed by atoms with Gasteiger partial charge in [-0.1, -0.05) is 6.92 Å². The molecule has 2 fully saturated rings. The van der Waals surface area contributed by atoms with Gasteiger partial charge in [-0.25, -0.2) is 0 Å². The molecular formula is C15H29N3O. The van der Waals surface area contributed by atoms with Crippen LogP contribution in [0, 0.1) is 0 Å². The molecular weight excluding hydrogens is 238 g/mol. The third-order valence-electron chi connectivity index (χ3n) is 4.42. The first-order valence-electron chi connectivity index (χ1n) is 7.88. The quantitative estimate of drug-likeness (QED) is 0.766. The summed E-state index contributed by atoms with van der Waals surface area (Å²) in [6.07, 6.45) is 5.81. The maximum Gasteiger partial charge on any atom is 0.221 e.